The topological polar surface area (TPSA) is 38.1 Å². The van der Waals surface area contributed by atoms with Gasteiger partial charge in [0.25, 0.3) is 0 Å². The van der Waals surface area contributed by atoms with Crippen molar-refractivity contribution in [2.75, 3.05) is 0 Å². The molecule has 0 amide bonds. The van der Waals surface area contributed by atoms with Crippen LogP contribution in [0.15, 0.2) is 6.20 Å². The van der Waals surface area contributed by atoms with Crippen molar-refractivity contribution in [3.05, 3.63) is 17.7 Å². The van der Waals surface area contributed by atoms with Gasteiger partial charge >= 0.3 is 0 Å². The fourth-order valence-corrected chi connectivity index (χ4v) is 3.02. The first-order chi connectivity index (χ1) is 7.36. The van der Waals surface area contributed by atoms with Crippen molar-refractivity contribution in [1.29, 1.82) is 0 Å². The molecule has 3 rings (SSSR count). The highest BCUT2D eigenvalue weighted by atomic mass is 16.3. The molecule has 3 heteroatoms. The molecule has 2 heterocycles. The Morgan fingerprint density at radius 1 is 1.20 bits per heavy atom. The van der Waals surface area contributed by atoms with Crippen molar-refractivity contribution in [3.63, 3.8) is 0 Å². The number of hydrogen-bond donors (Lipinski definition) is 1. The number of nitrogens with zero attached hydrogens (tertiary/aromatic N) is 2. The number of aliphatic hydroxyl groups is 1. The molecule has 82 valence electrons. The summed E-state index contributed by atoms with van der Waals surface area (Å²) in [7, 11) is 0. The second-order valence-corrected chi connectivity index (χ2v) is 4.83. The van der Waals surface area contributed by atoms with E-state index in [2.05, 4.69) is 9.55 Å². The summed E-state index contributed by atoms with van der Waals surface area (Å²) in [5.74, 6) is 1.75. The number of aromatic nitrogens is 2. The Morgan fingerprint density at radius 3 is 2.80 bits per heavy atom. The van der Waals surface area contributed by atoms with Crippen LogP contribution in [0.3, 0.4) is 0 Å². The quantitative estimate of drug-likeness (QED) is 0.766. The van der Waals surface area contributed by atoms with Gasteiger partial charge in [0, 0.05) is 17.8 Å². The van der Waals surface area contributed by atoms with Gasteiger partial charge in [0.2, 0.25) is 0 Å². The molecule has 2 aliphatic rings. The highest BCUT2D eigenvalue weighted by Crippen LogP contribution is 2.36. The molecule has 1 aliphatic heterocycles. The Kier molecular flexibility index (Phi) is 2.28. The molecule has 1 aliphatic carbocycles. The SMILES string of the molecule is OC1CCCc2cnc(C3CCCC3)n21. The summed E-state index contributed by atoms with van der Waals surface area (Å²) in [5.41, 5.74) is 1.23. The summed E-state index contributed by atoms with van der Waals surface area (Å²) < 4.78 is 2.10. The molecule has 1 fully saturated rings. The summed E-state index contributed by atoms with van der Waals surface area (Å²) in [5, 5.41) is 10.0. The normalized spacial score (nSPS) is 26.9. The summed E-state index contributed by atoms with van der Waals surface area (Å²) in [6.45, 7) is 0. The van der Waals surface area contributed by atoms with E-state index in [1.54, 1.807) is 0 Å². The largest absolute Gasteiger partial charge is 0.373 e. The maximum Gasteiger partial charge on any atom is 0.132 e. The average Bonchev–Trinajstić information content (AvgIpc) is 2.85. The van der Waals surface area contributed by atoms with E-state index in [0.717, 1.165) is 25.1 Å². The predicted molar refractivity (Wildman–Crippen MR) is 57.6 cm³/mol. The third-order valence-corrected chi connectivity index (χ3v) is 3.82. The van der Waals surface area contributed by atoms with Gasteiger partial charge in [0.05, 0.1) is 0 Å². The number of rotatable bonds is 1. The molecule has 1 N–H and O–H groups in total. The predicted octanol–water partition coefficient (Wildman–Crippen LogP) is 2.37. The Balaban J connectivity index is 1.97. The molecule has 0 bridgehead atoms. The molecule has 3 nitrogen and oxygen atoms in total. The van der Waals surface area contributed by atoms with Crippen LogP contribution in [0.2, 0.25) is 0 Å². The summed E-state index contributed by atoms with van der Waals surface area (Å²) in [4.78, 5) is 4.53. The lowest BCUT2D eigenvalue weighted by atomic mass is 10.1. The van der Waals surface area contributed by atoms with E-state index >= 15 is 0 Å². The minimum Gasteiger partial charge on any atom is -0.373 e. The number of imidazole rings is 1. The Hall–Kier alpha value is -0.830. The summed E-state index contributed by atoms with van der Waals surface area (Å²) in [6, 6.07) is 0. The fourth-order valence-electron chi connectivity index (χ4n) is 3.02. The van der Waals surface area contributed by atoms with Gasteiger partial charge in [0.15, 0.2) is 0 Å². The Bertz CT molecular complexity index is 353. The van der Waals surface area contributed by atoms with E-state index in [1.165, 1.54) is 31.4 Å². The highest BCUT2D eigenvalue weighted by Gasteiger charge is 2.27. The van der Waals surface area contributed by atoms with E-state index in [9.17, 15) is 5.11 Å². The van der Waals surface area contributed by atoms with Crippen LogP contribution in [0.1, 0.15) is 62.2 Å². The van der Waals surface area contributed by atoms with Gasteiger partial charge in [-0.2, -0.15) is 0 Å². The lowest BCUT2D eigenvalue weighted by Gasteiger charge is -2.24. The van der Waals surface area contributed by atoms with Crippen molar-refractivity contribution in [2.24, 2.45) is 0 Å². The minimum absolute atomic E-state index is 0.313. The molecule has 1 aromatic heterocycles. The van der Waals surface area contributed by atoms with Crippen molar-refractivity contribution >= 4 is 0 Å². The second-order valence-electron chi connectivity index (χ2n) is 4.83. The van der Waals surface area contributed by atoms with Crippen LogP contribution < -0.4 is 0 Å². The first kappa shape index (κ1) is 9.40. The van der Waals surface area contributed by atoms with E-state index < -0.39 is 0 Å². The first-order valence-corrected chi connectivity index (χ1v) is 6.10. The van der Waals surface area contributed by atoms with Gasteiger partial charge in [-0.25, -0.2) is 4.98 Å². The third-order valence-electron chi connectivity index (χ3n) is 3.82. The highest BCUT2D eigenvalue weighted by molar-refractivity contribution is 5.13. The lowest BCUT2D eigenvalue weighted by molar-refractivity contribution is 0.0746. The van der Waals surface area contributed by atoms with Crippen LogP contribution in [0, 0.1) is 0 Å². The maximum absolute atomic E-state index is 10.0. The summed E-state index contributed by atoms with van der Waals surface area (Å²) in [6.07, 6.45) is 9.87. The minimum atomic E-state index is -0.313. The van der Waals surface area contributed by atoms with E-state index in [-0.39, 0.29) is 6.23 Å². The standard InChI is InChI=1S/C12H18N2O/c15-11-7-3-6-10-8-13-12(14(10)11)9-4-1-2-5-9/h8-9,11,15H,1-7H2. The van der Waals surface area contributed by atoms with Crippen LogP contribution in [0.25, 0.3) is 0 Å². The molecule has 0 saturated heterocycles. The molecule has 0 radical (unpaired) electrons. The van der Waals surface area contributed by atoms with E-state index in [0.29, 0.717) is 5.92 Å². The average molecular weight is 206 g/mol. The van der Waals surface area contributed by atoms with E-state index in [4.69, 9.17) is 0 Å². The zero-order valence-electron chi connectivity index (χ0n) is 9.02. The van der Waals surface area contributed by atoms with Crippen LogP contribution in [0.4, 0.5) is 0 Å². The first-order valence-electron chi connectivity index (χ1n) is 6.10. The van der Waals surface area contributed by atoms with Crippen molar-refractivity contribution in [2.45, 2.75) is 57.1 Å². The van der Waals surface area contributed by atoms with Gasteiger partial charge in [-0.15, -0.1) is 0 Å². The number of hydrogen-bond acceptors (Lipinski definition) is 2. The molecule has 0 spiro atoms. The zero-order valence-corrected chi connectivity index (χ0v) is 9.02. The molecule has 1 aromatic rings. The molecule has 1 unspecified atom stereocenters. The fraction of sp³-hybridized carbons (Fsp3) is 0.750. The van der Waals surface area contributed by atoms with Gasteiger partial charge < -0.3 is 9.67 Å². The van der Waals surface area contributed by atoms with E-state index in [1.807, 2.05) is 6.20 Å². The van der Waals surface area contributed by atoms with Crippen molar-refractivity contribution < 1.29 is 5.11 Å². The lowest BCUT2D eigenvalue weighted by Crippen LogP contribution is -2.20. The molecule has 1 atom stereocenters. The maximum atomic E-state index is 10.0. The molecule has 0 aromatic carbocycles. The van der Waals surface area contributed by atoms with Crippen LogP contribution >= 0.6 is 0 Å². The van der Waals surface area contributed by atoms with Crippen LogP contribution in [-0.4, -0.2) is 14.7 Å². The second kappa shape index (κ2) is 3.63. The molecular formula is C12H18N2O. The third kappa shape index (κ3) is 1.49. The monoisotopic (exact) mass is 206 g/mol. The van der Waals surface area contributed by atoms with Gasteiger partial charge in [0.1, 0.15) is 12.1 Å². The van der Waals surface area contributed by atoms with Gasteiger partial charge in [-0.1, -0.05) is 12.8 Å². The smallest absolute Gasteiger partial charge is 0.132 e. The molecule has 15 heavy (non-hydrogen) atoms. The Labute approximate surface area is 90.1 Å². The van der Waals surface area contributed by atoms with Gasteiger partial charge in [-0.3, -0.25) is 0 Å². The molecule has 1 saturated carbocycles. The number of fused-ring (bicyclic) bond motifs is 1. The number of aryl methyl sites for hydroxylation is 1. The van der Waals surface area contributed by atoms with Crippen molar-refractivity contribution in [1.82, 2.24) is 9.55 Å². The Morgan fingerprint density at radius 2 is 2.00 bits per heavy atom. The molecular weight excluding hydrogens is 188 g/mol. The van der Waals surface area contributed by atoms with Crippen molar-refractivity contribution in [3.8, 4) is 0 Å². The van der Waals surface area contributed by atoms with Crippen LogP contribution in [0.5, 0.6) is 0 Å². The zero-order chi connectivity index (χ0) is 10.3. The number of aliphatic hydroxyl groups excluding tert-OH is 1. The van der Waals surface area contributed by atoms with Gasteiger partial charge in [-0.05, 0) is 32.1 Å². The van der Waals surface area contributed by atoms with Crippen LogP contribution in [-0.2, 0) is 6.42 Å². The summed E-state index contributed by atoms with van der Waals surface area (Å²) >= 11 is 0.